The van der Waals surface area contributed by atoms with E-state index in [1.807, 2.05) is 20.8 Å². The number of hydrogen-bond acceptors (Lipinski definition) is 10. The molecule has 0 aliphatic carbocycles. The summed E-state index contributed by atoms with van der Waals surface area (Å²) in [6, 6.07) is 0. The number of aliphatic carboxylic acids is 1. The summed E-state index contributed by atoms with van der Waals surface area (Å²) in [5.41, 5.74) is -1.15. The predicted octanol–water partition coefficient (Wildman–Crippen LogP) is 3.89. The van der Waals surface area contributed by atoms with Crippen molar-refractivity contribution in [1.82, 2.24) is 0 Å². The molecule has 0 aromatic heterocycles. The van der Waals surface area contributed by atoms with Crippen molar-refractivity contribution < 1.29 is 53.6 Å². The molecule has 5 rings (SSSR count). The maximum Gasteiger partial charge on any atom is 0.308 e. The fourth-order valence-electron chi connectivity index (χ4n) is 9.91. The number of ether oxygens (including phenoxy) is 6. The Balaban J connectivity index is 0.00000520. The van der Waals surface area contributed by atoms with E-state index in [1.165, 1.54) is 7.11 Å². The first-order valence-corrected chi connectivity index (χ1v) is 18.1. The van der Waals surface area contributed by atoms with Crippen molar-refractivity contribution in [2.24, 2.45) is 35.5 Å². The van der Waals surface area contributed by atoms with E-state index in [0.717, 1.165) is 32.1 Å². The van der Waals surface area contributed by atoms with Crippen molar-refractivity contribution in [1.29, 1.82) is 0 Å². The molecule has 0 aromatic rings. The average Bonchev–Trinajstić information content (AvgIpc) is 3.73. The van der Waals surface area contributed by atoms with E-state index in [1.54, 1.807) is 6.92 Å². The van der Waals surface area contributed by atoms with E-state index in [-0.39, 0.29) is 83.6 Å². The van der Waals surface area contributed by atoms with Crippen molar-refractivity contribution in [3.8, 4) is 0 Å². The van der Waals surface area contributed by atoms with Gasteiger partial charge in [0.25, 0.3) is 0 Å². The van der Waals surface area contributed by atoms with Crippen molar-refractivity contribution >= 4 is 35.5 Å². The van der Waals surface area contributed by atoms with E-state index in [4.69, 9.17) is 28.4 Å². The number of methoxy groups -OCH3 is 1. The third-order valence-electron chi connectivity index (χ3n) is 13.0. The van der Waals surface area contributed by atoms with Crippen molar-refractivity contribution in [2.75, 3.05) is 13.7 Å². The summed E-state index contributed by atoms with van der Waals surface area (Å²) in [4.78, 5) is 11.8. The second kappa shape index (κ2) is 15.2. The fraction of sp³-hybridized carbons (Fsp3) is 0.972. The first-order valence-electron chi connectivity index (χ1n) is 18.1. The number of aliphatic hydroxyl groups is 3. The third kappa shape index (κ3) is 7.33. The molecule has 0 saturated carbocycles. The van der Waals surface area contributed by atoms with Crippen LogP contribution in [0.2, 0.25) is 0 Å². The molecular formula is C36H62NaO11. The first kappa shape index (κ1) is 40.9. The second-order valence-electron chi connectivity index (χ2n) is 16.3. The maximum atomic E-state index is 11.8. The monoisotopic (exact) mass is 693 g/mol. The molecule has 11 nitrogen and oxygen atoms in total. The number of carboxylic acids is 1. The smallest absolute Gasteiger partial charge is 0.308 e. The Morgan fingerprint density at radius 1 is 1.02 bits per heavy atom. The van der Waals surface area contributed by atoms with Gasteiger partial charge in [-0.05, 0) is 64.2 Å². The number of carboxylic acid groups (broad SMARTS) is 1. The van der Waals surface area contributed by atoms with Crippen LogP contribution in [-0.2, 0) is 33.2 Å². The summed E-state index contributed by atoms with van der Waals surface area (Å²) in [5.74, 6) is -4.52. The molecule has 4 unspecified atom stereocenters. The van der Waals surface area contributed by atoms with Crippen LogP contribution in [0.1, 0.15) is 107 Å². The molecule has 1 spiro atoms. The molecular weight excluding hydrogens is 631 g/mol. The van der Waals surface area contributed by atoms with Crippen LogP contribution in [0.15, 0.2) is 0 Å². The first-order chi connectivity index (χ1) is 22.0. The van der Waals surface area contributed by atoms with Crippen molar-refractivity contribution in [3.05, 3.63) is 0 Å². The van der Waals surface area contributed by atoms with Crippen LogP contribution in [0.3, 0.4) is 0 Å². The minimum absolute atomic E-state index is 0. The van der Waals surface area contributed by atoms with Crippen LogP contribution >= 0.6 is 0 Å². The summed E-state index contributed by atoms with van der Waals surface area (Å²) in [6.07, 6.45) is 2.99. The summed E-state index contributed by atoms with van der Waals surface area (Å²) >= 11 is 0. The minimum Gasteiger partial charge on any atom is -0.481 e. The Morgan fingerprint density at radius 3 is 2.31 bits per heavy atom. The van der Waals surface area contributed by atoms with Gasteiger partial charge in [-0.2, -0.15) is 0 Å². The normalized spacial score (nSPS) is 49.8. The van der Waals surface area contributed by atoms with Gasteiger partial charge in [0, 0.05) is 67.3 Å². The molecule has 48 heavy (non-hydrogen) atoms. The molecule has 0 bridgehead atoms. The third-order valence-corrected chi connectivity index (χ3v) is 13.0. The molecule has 5 aliphatic rings. The predicted molar refractivity (Wildman–Crippen MR) is 178 cm³/mol. The molecule has 5 saturated heterocycles. The molecule has 5 fully saturated rings. The number of rotatable bonds is 10. The second-order valence-corrected chi connectivity index (χ2v) is 16.3. The number of hydrogen-bond donors (Lipinski definition) is 4. The van der Waals surface area contributed by atoms with Gasteiger partial charge in [0.2, 0.25) is 0 Å². The van der Waals surface area contributed by atoms with E-state index < -0.39 is 59.6 Å². The maximum absolute atomic E-state index is 11.8. The minimum atomic E-state index is -1.56. The van der Waals surface area contributed by atoms with Gasteiger partial charge in [0.1, 0.15) is 0 Å². The summed E-state index contributed by atoms with van der Waals surface area (Å²) in [6.45, 7) is 15.6. The van der Waals surface area contributed by atoms with Gasteiger partial charge in [-0.15, -0.1) is 0 Å². The number of carbonyl (C=O) groups is 1. The van der Waals surface area contributed by atoms with Crippen LogP contribution in [0.5, 0.6) is 0 Å². The molecule has 5 heterocycles. The Morgan fingerprint density at radius 2 is 1.71 bits per heavy atom. The topological polar surface area (TPSA) is 153 Å². The van der Waals surface area contributed by atoms with Crippen LogP contribution in [-0.4, -0.2) is 135 Å². The van der Waals surface area contributed by atoms with E-state index in [0.29, 0.717) is 19.3 Å². The zero-order valence-corrected chi connectivity index (χ0v) is 33.0. The Bertz CT molecular complexity index is 1110. The fourth-order valence-corrected chi connectivity index (χ4v) is 9.91. The molecule has 273 valence electrons. The van der Waals surface area contributed by atoms with Crippen LogP contribution in [0.25, 0.3) is 0 Å². The summed E-state index contributed by atoms with van der Waals surface area (Å²) in [5, 5.41) is 41.8. The molecule has 0 amide bonds. The molecule has 5 aliphatic heterocycles. The number of aliphatic hydroxyl groups excluding tert-OH is 2. The molecule has 1 radical (unpaired) electrons. The average molecular weight is 694 g/mol. The molecule has 4 N–H and O–H groups in total. The van der Waals surface area contributed by atoms with Gasteiger partial charge < -0.3 is 48.8 Å². The Hall–Kier alpha value is 0.110. The van der Waals surface area contributed by atoms with Crippen LogP contribution < -0.4 is 0 Å². The standard InChI is InChI=1S/C36H62O11.Na/c1-10-34(31-20(3)16-26(43-31)28-19(2)15-21(4)36(41,18-37)46-28)12-11-27(44-34)33(8)13-14-35(47-33)17-25(38)22(5)30(45-35)23(6)29(42-9)24(7)32(39)40;/h19-31,37-38,41H,10-18H2,1-9H3,(H,39,40);/t19-,20?,21-,22-,23+,24+,25?,26+,27-,28+,29-,30-,31-,33+,34+,35?,36?;/m1./s1. The zero-order valence-electron chi connectivity index (χ0n) is 31.0. The van der Waals surface area contributed by atoms with Gasteiger partial charge in [-0.25, -0.2) is 0 Å². The van der Waals surface area contributed by atoms with Gasteiger partial charge in [-0.3, -0.25) is 4.79 Å². The van der Waals surface area contributed by atoms with Crippen molar-refractivity contribution in [2.45, 2.75) is 172 Å². The van der Waals surface area contributed by atoms with Crippen molar-refractivity contribution in [3.63, 3.8) is 0 Å². The van der Waals surface area contributed by atoms with Gasteiger partial charge >= 0.3 is 5.97 Å². The van der Waals surface area contributed by atoms with Crippen LogP contribution in [0.4, 0.5) is 0 Å². The zero-order chi connectivity index (χ0) is 34.7. The Kier molecular flexibility index (Phi) is 13.0. The van der Waals surface area contributed by atoms with Crippen LogP contribution in [0, 0.1) is 35.5 Å². The van der Waals surface area contributed by atoms with Gasteiger partial charge in [-0.1, -0.05) is 41.5 Å². The van der Waals surface area contributed by atoms with Gasteiger partial charge in [0.15, 0.2) is 11.6 Å². The summed E-state index contributed by atoms with van der Waals surface area (Å²) < 4.78 is 39.4. The molecule has 0 aromatic carbocycles. The molecule has 12 heteroatoms. The quantitative estimate of drug-likeness (QED) is 0.247. The van der Waals surface area contributed by atoms with E-state index in [9.17, 15) is 25.2 Å². The molecule has 17 atom stereocenters. The summed E-state index contributed by atoms with van der Waals surface area (Å²) in [7, 11) is 1.52. The largest absolute Gasteiger partial charge is 0.481 e. The van der Waals surface area contributed by atoms with Gasteiger partial charge in [0.05, 0.1) is 66.5 Å². The Labute approximate surface area is 309 Å². The van der Waals surface area contributed by atoms with E-state index >= 15 is 0 Å². The SMILES string of the molecule is CC[C@@]1([C@@H]2O[C@H]([C@H]3OC(O)(CO)[C@H](C)C[C@H]3C)CC2C)CC[C@H]([C@]2(C)CCC3(CC(O)[C@@H](C)[C@H]([C@@H](C)[C@@H](OC)[C@H](C)C(=O)O)O3)O2)O1.[Na]. The van der Waals surface area contributed by atoms with E-state index in [2.05, 4.69) is 27.7 Å².